The summed E-state index contributed by atoms with van der Waals surface area (Å²) in [7, 11) is 2.18. The first-order chi connectivity index (χ1) is 4.66. The zero-order valence-corrected chi connectivity index (χ0v) is 7.17. The molecule has 1 heteroatoms. The lowest BCUT2D eigenvalue weighted by molar-refractivity contribution is 0.269. The van der Waals surface area contributed by atoms with Gasteiger partial charge >= 0.3 is 0 Å². The predicted octanol–water partition coefficient (Wildman–Crippen LogP) is 1.90. The molecule has 0 spiro atoms. The molecule has 1 nitrogen and oxygen atoms in total. The Hall–Kier alpha value is -0.300. The standard InChI is InChI=1S/C9H17N/c1-5-9-6-7(2)8(3)10(9)4/h5,7-9H,1,6H2,2-4H3. The number of hydrogen-bond donors (Lipinski definition) is 0. The second kappa shape index (κ2) is 2.75. The number of likely N-dealkylation sites (tertiary alicyclic amines) is 1. The monoisotopic (exact) mass is 139 g/mol. The van der Waals surface area contributed by atoms with Crippen LogP contribution in [0.2, 0.25) is 0 Å². The maximum Gasteiger partial charge on any atom is 0.0278 e. The molecule has 1 saturated heterocycles. The Morgan fingerprint density at radius 2 is 2.10 bits per heavy atom. The second-order valence-electron chi connectivity index (χ2n) is 3.42. The van der Waals surface area contributed by atoms with Crippen molar-refractivity contribution >= 4 is 0 Å². The van der Waals surface area contributed by atoms with Gasteiger partial charge in [-0.3, -0.25) is 4.90 Å². The molecule has 3 unspecified atom stereocenters. The minimum absolute atomic E-state index is 0.616. The van der Waals surface area contributed by atoms with E-state index in [9.17, 15) is 0 Å². The molecule has 0 aromatic carbocycles. The zero-order valence-electron chi connectivity index (χ0n) is 7.17. The van der Waals surface area contributed by atoms with Crippen LogP contribution in [0.25, 0.3) is 0 Å². The van der Waals surface area contributed by atoms with Gasteiger partial charge in [-0.2, -0.15) is 0 Å². The van der Waals surface area contributed by atoms with E-state index in [0.29, 0.717) is 6.04 Å². The first kappa shape index (κ1) is 7.80. The second-order valence-corrected chi connectivity index (χ2v) is 3.42. The molecule has 0 aromatic rings. The summed E-state index contributed by atoms with van der Waals surface area (Å²) in [4.78, 5) is 2.40. The van der Waals surface area contributed by atoms with Crippen LogP contribution in [-0.4, -0.2) is 24.0 Å². The van der Waals surface area contributed by atoms with Gasteiger partial charge in [0.05, 0.1) is 0 Å². The van der Waals surface area contributed by atoms with Gasteiger partial charge in [0.15, 0.2) is 0 Å². The average molecular weight is 139 g/mol. The molecule has 1 aliphatic heterocycles. The molecule has 3 atom stereocenters. The maximum atomic E-state index is 3.82. The molecule has 0 bridgehead atoms. The normalized spacial score (nSPS) is 42.1. The number of hydrogen-bond acceptors (Lipinski definition) is 1. The van der Waals surface area contributed by atoms with E-state index in [1.54, 1.807) is 0 Å². The van der Waals surface area contributed by atoms with Crippen LogP contribution >= 0.6 is 0 Å². The molecule has 0 aliphatic carbocycles. The van der Waals surface area contributed by atoms with Crippen molar-refractivity contribution in [3.8, 4) is 0 Å². The minimum atomic E-state index is 0.616. The van der Waals surface area contributed by atoms with Gasteiger partial charge in [-0.05, 0) is 26.3 Å². The van der Waals surface area contributed by atoms with E-state index in [4.69, 9.17) is 0 Å². The van der Waals surface area contributed by atoms with Crippen LogP contribution in [0.4, 0.5) is 0 Å². The number of nitrogens with zero attached hydrogens (tertiary/aromatic N) is 1. The summed E-state index contributed by atoms with van der Waals surface area (Å²) < 4.78 is 0. The predicted molar refractivity (Wildman–Crippen MR) is 45.0 cm³/mol. The molecule has 10 heavy (non-hydrogen) atoms. The van der Waals surface area contributed by atoms with Crippen LogP contribution in [0.5, 0.6) is 0 Å². The van der Waals surface area contributed by atoms with Crippen LogP contribution in [0.1, 0.15) is 20.3 Å². The van der Waals surface area contributed by atoms with Gasteiger partial charge in [0.2, 0.25) is 0 Å². The minimum Gasteiger partial charge on any atom is -0.297 e. The van der Waals surface area contributed by atoms with Gasteiger partial charge in [0.1, 0.15) is 0 Å². The van der Waals surface area contributed by atoms with Crippen molar-refractivity contribution in [1.29, 1.82) is 0 Å². The van der Waals surface area contributed by atoms with Crippen LogP contribution in [0.3, 0.4) is 0 Å². The van der Waals surface area contributed by atoms with Gasteiger partial charge in [-0.15, -0.1) is 6.58 Å². The molecule has 0 amide bonds. The average Bonchev–Trinajstić information content (AvgIpc) is 2.17. The van der Waals surface area contributed by atoms with Gasteiger partial charge < -0.3 is 0 Å². The summed E-state index contributed by atoms with van der Waals surface area (Å²) in [5.74, 6) is 0.827. The third-order valence-electron chi connectivity index (χ3n) is 2.87. The molecule has 58 valence electrons. The summed E-state index contributed by atoms with van der Waals surface area (Å²) in [5.41, 5.74) is 0. The topological polar surface area (TPSA) is 3.24 Å². The third kappa shape index (κ3) is 1.10. The van der Waals surface area contributed by atoms with Gasteiger partial charge in [0, 0.05) is 12.1 Å². The van der Waals surface area contributed by atoms with Gasteiger partial charge in [-0.1, -0.05) is 13.0 Å². The number of likely N-dealkylation sites (N-methyl/N-ethyl adjacent to an activating group) is 1. The Labute approximate surface area is 63.7 Å². The largest absolute Gasteiger partial charge is 0.297 e. The Balaban J connectivity index is 2.61. The van der Waals surface area contributed by atoms with Gasteiger partial charge in [-0.25, -0.2) is 0 Å². The summed E-state index contributed by atoms with van der Waals surface area (Å²) in [6.45, 7) is 8.42. The molecular weight excluding hydrogens is 122 g/mol. The zero-order chi connectivity index (χ0) is 7.72. The Morgan fingerprint density at radius 3 is 2.30 bits per heavy atom. The van der Waals surface area contributed by atoms with Crippen molar-refractivity contribution in [2.24, 2.45) is 5.92 Å². The molecule has 1 heterocycles. The quantitative estimate of drug-likeness (QED) is 0.501. The van der Waals surface area contributed by atoms with E-state index >= 15 is 0 Å². The summed E-state index contributed by atoms with van der Waals surface area (Å²) in [5, 5.41) is 0. The Bertz CT molecular complexity index is 131. The molecule has 0 N–H and O–H groups in total. The lowest BCUT2D eigenvalue weighted by Crippen LogP contribution is -2.29. The van der Waals surface area contributed by atoms with Crippen LogP contribution < -0.4 is 0 Å². The molecular formula is C9H17N. The van der Waals surface area contributed by atoms with Crippen molar-refractivity contribution in [2.45, 2.75) is 32.4 Å². The molecule has 0 radical (unpaired) electrons. The van der Waals surface area contributed by atoms with E-state index < -0.39 is 0 Å². The Kier molecular flexibility index (Phi) is 2.14. The highest BCUT2D eigenvalue weighted by Crippen LogP contribution is 2.27. The SMILES string of the molecule is C=CC1CC(C)C(C)N1C. The van der Waals surface area contributed by atoms with E-state index in [-0.39, 0.29) is 0 Å². The molecule has 0 aromatic heterocycles. The third-order valence-corrected chi connectivity index (χ3v) is 2.87. The van der Waals surface area contributed by atoms with Gasteiger partial charge in [0.25, 0.3) is 0 Å². The molecule has 1 rings (SSSR count). The summed E-state index contributed by atoms with van der Waals surface area (Å²) in [6.07, 6.45) is 3.33. The smallest absolute Gasteiger partial charge is 0.0278 e. The highest BCUT2D eigenvalue weighted by Gasteiger charge is 2.30. The van der Waals surface area contributed by atoms with Crippen LogP contribution in [-0.2, 0) is 0 Å². The lowest BCUT2D eigenvalue weighted by Gasteiger charge is -2.20. The van der Waals surface area contributed by atoms with Crippen molar-refractivity contribution in [1.82, 2.24) is 4.90 Å². The molecule has 0 saturated carbocycles. The van der Waals surface area contributed by atoms with Crippen LogP contribution in [0, 0.1) is 5.92 Å². The first-order valence-corrected chi connectivity index (χ1v) is 4.01. The molecule has 1 aliphatic rings. The van der Waals surface area contributed by atoms with E-state index in [1.807, 2.05) is 0 Å². The van der Waals surface area contributed by atoms with Crippen molar-refractivity contribution < 1.29 is 0 Å². The maximum absolute atomic E-state index is 3.82. The van der Waals surface area contributed by atoms with Crippen LogP contribution in [0.15, 0.2) is 12.7 Å². The fraction of sp³-hybridized carbons (Fsp3) is 0.778. The molecule has 1 fully saturated rings. The summed E-state index contributed by atoms with van der Waals surface area (Å²) >= 11 is 0. The lowest BCUT2D eigenvalue weighted by atomic mass is 10.0. The van der Waals surface area contributed by atoms with Crippen molar-refractivity contribution in [2.75, 3.05) is 7.05 Å². The first-order valence-electron chi connectivity index (χ1n) is 4.01. The van der Waals surface area contributed by atoms with Crippen molar-refractivity contribution in [3.63, 3.8) is 0 Å². The van der Waals surface area contributed by atoms with E-state index in [0.717, 1.165) is 12.0 Å². The van der Waals surface area contributed by atoms with E-state index in [1.165, 1.54) is 6.42 Å². The highest BCUT2D eigenvalue weighted by molar-refractivity contribution is 4.96. The van der Waals surface area contributed by atoms with Crippen molar-refractivity contribution in [3.05, 3.63) is 12.7 Å². The fourth-order valence-electron chi connectivity index (χ4n) is 1.71. The summed E-state index contributed by atoms with van der Waals surface area (Å²) in [6, 6.07) is 1.34. The highest BCUT2D eigenvalue weighted by atomic mass is 15.2. The Morgan fingerprint density at radius 1 is 1.50 bits per heavy atom. The number of rotatable bonds is 1. The fourth-order valence-corrected chi connectivity index (χ4v) is 1.71. The van der Waals surface area contributed by atoms with E-state index in [2.05, 4.69) is 38.5 Å².